The highest BCUT2D eigenvalue weighted by molar-refractivity contribution is 4.95. The molecule has 0 aromatic rings. The molecule has 1 heteroatoms. The van der Waals surface area contributed by atoms with Gasteiger partial charge in [-0.25, -0.2) is 0 Å². The van der Waals surface area contributed by atoms with Crippen molar-refractivity contribution in [1.29, 1.82) is 0 Å². The highest BCUT2D eigenvalue weighted by atomic mass is 14.8. The third kappa shape index (κ3) is 2.48. The molecule has 0 amide bonds. The maximum absolute atomic E-state index is 6.03. The van der Waals surface area contributed by atoms with Gasteiger partial charge in [0.05, 0.1) is 0 Å². The van der Waals surface area contributed by atoms with Gasteiger partial charge in [-0.2, -0.15) is 0 Å². The molecule has 0 bridgehead atoms. The number of hydrogen-bond acceptors (Lipinski definition) is 1. The first-order valence-corrected chi connectivity index (χ1v) is 4.26. The van der Waals surface area contributed by atoms with Gasteiger partial charge in [-0.1, -0.05) is 27.7 Å². The van der Waals surface area contributed by atoms with Crippen LogP contribution in [0.4, 0.5) is 0 Å². The maximum Gasteiger partial charge on any atom is 0.0131 e. The predicted octanol–water partition coefficient (Wildman–Crippen LogP) is 2.94. The zero-order valence-electron chi connectivity index (χ0n) is 7.41. The second kappa shape index (κ2) is 3.14. The number of hydrogen-bond donors (Lipinski definition) is 1. The molecule has 1 saturated carbocycles. The van der Waals surface area contributed by atoms with Crippen molar-refractivity contribution in [2.75, 3.05) is 0 Å². The van der Waals surface area contributed by atoms with E-state index in [1.54, 1.807) is 0 Å². The zero-order valence-corrected chi connectivity index (χ0v) is 7.41. The molecule has 2 N–H and O–H groups in total. The lowest BCUT2D eigenvalue weighted by molar-refractivity contribution is 0.300. The molecular weight excluding hydrogens is 134 g/mol. The van der Waals surface area contributed by atoms with E-state index in [1.807, 2.05) is 0 Å². The fraction of sp³-hybridized carbons (Fsp3) is 1.00. The Balaban J connectivity index is 0.000001000. The van der Waals surface area contributed by atoms with Gasteiger partial charge in [0.15, 0.2) is 0 Å². The highest BCUT2D eigenvalue weighted by Gasteiger charge is 2.38. The molecule has 1 aliphatic carbocycles. The Morgan fingerprint density at radius 3 is 2.00 bits per heavy atom. The van der Waals surface area contributed by atoms with Gasteiger partial charge in [0.1, 0.15) is 0 Å². The number of nitrogens with two attached hydrogens (primary N) is 1. The van der Waals surface area contributed by atoms with E-state index < -0.39 is 0 Å². The van der Waals surface area contributed by atoms with Crippen molar-refractivity contribution in [3.63, 3.8) is 0 Å². The first-order valence-electron chi connectivity index (χ1n) is 4.26. The lowest BCUT2D eigenvalue weighted by atomic mass is 9.84. The fourth-order valence-corrected chi connectivity index (χ4v) is 2.04. The Morgan fingerprint density at radius 2 is 1.82 bits per heavy atom. The van der Waals surface area contributed by atoms with Crippen LogP contribution in [-0.4, -0.2) is 5.54 Å². The van der Waals surface area contributed by atoms with E-state index in [1.165, 1.54) is 25.7 Å². The van der Waals surface area contributed by atoms with Gasteiger partial charge in [0.2, 0.25) is 0 Å². The fourth-order valence-electron chi connectivity index (χ4n) is 2.04. The van der Waals surface area contributed by atoms with Crippen molar-refractivity contribution in [2.45, 2.75) is 59.4 Å². The molecule has 2 atom stereocenters. The molecule has 0 saturated heterocycles. The number of rotatable bonds is 1. The summed E-state index contributed by atoms with van der Waals surface area (Å²) in [6.07, 6.45) is 5.00. The summed E-state index contributed by atoms with van der Waals surface area (Å²) in [4.78, 5) is 0. The van der Waals surface area contributed by atoms with Crippen molar-refractivity contribution >= 4 is 0 Å². The van der Waals surface area contributed by atoms with Crippen LogP contribution in [-0.2, 0) is 0 Å². The molecule has 0 aromatic carbocycles. The average molecular weight is 157 g/mol. The molecule has 0 spiro atoms. The summed E-state index contributed by atoms with van der Waals surface area (Å²) in [6.45, 7) is 6.79. The normalized spacial score (nSPS) is 43.6. The standard InChI is InChI=1S/C9H19N.CH4/c1-4-8(2)5-6-9(3,10)7-8;/h4-7,10H2,1-3H3;1H4/t8-,9?;/m0./s1. The van der Waals surface area contributed by atoms with Crippen LogP contribution in [0.2, 0.25) is 0 Å². The highest BCUT2D eigenvalue weighted by Crippen LogP contribution is 2.44. The van der Waals surface area contributed by atoms with E-state index in [2.05, 4.69) is 20.8 Å². The molecular formula is C10H23N. The minimum atomic E-state index is 0. The van der Waals surface area contributed by atoms with Gasteiger partial charge in [0, 0.05) is 5.54 Å². The molecule has 1 nitrogen and oxygen atoms in total. The molecule has 1 unspecified atom stereocenters. The molecule has 11 heavy (non-hydrogen) atoms. The van der Waals surface area contributed by atoms with Gasteiger partial charge in [-0.3, -0.25) is 0 Å². The van der Waals surface area contributed by atoms with Crippen LogP contribution in [0.25, 0.3) is 0 Å². The Morgan fingerprint density at radius 1 is 1.27 bits per heavy atom. The van der Waals surface area contributed by atoms with Gasteiger partial charge < -0.3 is 5.73 Å². The smallest absolute Gasteiger partial charge is 0.0131 e. The molecule has 0 heterocycles. The first kappa shape index (κ1) is 11.0. The minimum Gasteiger partial charge on any atom is -0.325 e. The SMILES string of the molecule is C.CC[C@@]1(C)CCC(C)(N)C1. The van der Waals surface area contributed by atoms with Crippen molar-refractivity contribution in [3.8, 4) is 0 Å². The van der Waals surface area contributed by atoms with Crippen LogP contribution >= 0.6 is 0 Å². The zero-order chi connectivity index (χ0) is 7.83. The van der Waals surface area contributed by atoms with Gasteiger partial charge in [-0.15, -0.1) is 0 Å². The third-order valence-electron chi connectivity index (χ3n) is 2.98. The summed E-state index contributed by atoms with van der Waals surface area (Å²) < 4.78 is 0. The summed E-state index contributed by atoms with van der Waals surface area (Å²) >= 11 is 0. The molecule has 68 valence electrons. The topological polar surface area (TPSA) is 26.0 Å². The third-order valence-corrected chi connectivity index (χ3v) is 2.98. The van der Waals surface area contributed by atoms with E-state index in [-0.39, 0.29) is 13.0 Å². The van der Waals surface area contributed by atoms with E-state index in [0.717, 1.165) is 0 Å². The van der Waals surface area contributed by atoms with Crippen LogP contribution in [0.5, 0.6) is 0 Å². The quantitative estimate of drug-likeness (QED) is 0.622. The van der Waals surface area contributed by atoms with E-state index in [0.29, 0.717) is 5.41 Å². The van der Waals surface area contributed by atoms with Crippen molar-refractivity contribution < 1.29 is 0 Å². The van der Waals surface area contributed by atoms with Crippen LogP contribution in [0.15, 0.2) is 0 Å². The largest absolute Gasteiger partial charge is 0.325 e. The lowest BCUT2D eigenvalue weighted by Crippen LogP contribution is -2.33. The lowest BCUT2D eigenvalue weighted by Gasteiger charge is -2.24. The second-order valence-electron chi connectivity index (χ2n) is 4.50. The Hall–Kier alpha value is -0.0400. The Labute approximate surface area is 71.4 Å². The van der Waals surface area contributed by atoms with E-state index >= 15 is 0 Å². The second-order valence-corrected chi connectivity index (χ2v) is 4.50. The summed E-state index contributed by atoms with van der Waals surface area (Å²) in [6, 6.07) is 0. The van der Waals surface area contributed by atoms with Crippen molar-refractivity contribution in [3.05, 3.63) is 0 Å². The van der Waals surface area contributed by atoms with Crippen molar-refractivity contribution in [2.24, 2.45) is 11.1 Å². The summed E-state index contributed by atoms with van der Waals surface area (Å²) in [5.41, 5.74) is 6.70. The molecule has 1 fully saturated rings. The minimum absolute atomic E-state index is 0. The molecule has 0 aliphatic heterocycles. The van der Waals surface area contributed by atoms with Crippen LogP contribution in [0.3, 0.4) is 0 Å². The van der Waals surface area contributed by atoms with Crippen LogP contribution in [0.1, 0.15) is 53.9 Å². The monoisotopic (exact) mass is 157 g/mol. The maximum atomic E-state index is 6.03. The summed E-state index contributed by atoms with van der Waals surface area (Å²) in [5, 5.41) is 0. The average Bonchev–Trinajstić information content (AvgIpc) is 2.08. The van der Waals surface area contributed by atoms with Gasteiger partial charge >= 0.3 is 0 Å². The molecule has 0 radical (unpaired) electrons. The Kier molecular flexibility index (Phi) is 3.13. The molecule has 1 aliphatic rings. The summed E-state index contributed by atoms with van der Waals surface area (Å²) in [5.74, 6) is 0. The van der Waals surface area contributed by atoms with E-state index in [4.69, 9.17) is 5.73 Å². The van der Waals surface area contributed by atoms with Crippen LogP contribution < -0.4 is 5.73 Å². The Bertz CT molecular complexity index is 129. The van der Waals surface area contributed by atoms with Crippen molar-refractivity contribution in [1.82, 2.24) is 0 Å². The van der Waals surface area contributed by atoms with E-state index in [9.17, 15) is 0 Å². The summed E-state index contributed by atoms with van der Waals surface area (Å²) in [7, 11) is 0. The first-order chi connectivity index (χ1) is 4.47. The van der Waals surface area contributed by atoms with Gasteiger partial charge in [0.25, 0.3) is 0 Å². The molecule has 0 aromatic heterocycles. The molecule has 1 rings (SSSR count). The van der Waals surface area contributed by atoms with Gasteiger partial charge in [-0.05, 0) is 31.6 Å². The predicted molar refractivity (Wildman–Crippen MR) is 51.6 cm³/mol. The van der Waals surface area contributed by atoms with Crippen LogP contribution in [0, 0.1) is 5.41 Å².